The summed E-state index contributed by atoms with van der Waals surface area (Å²) in [5.74, 6) is 1.89. The Morgan fingerprint density at radius 3 is 2.62 bits per heavy atom. The number of aromatic nitrogens is 2. The number of anilines is 1. The van der Waals surface area contributed by atoms with Crippen molar-refractivity contribution in [3.8, 4) is 11.5 Å². The smallest absolute Gasteiger partial charge is 0.212 e. The van der Waals surface area contributed by atoms with Crippen LogP contribution in [-0.2, 0) is 0 Å². The Balaban J connectivity index is 1.70. The number of aliphatic imine (C=N–C) groups is 1. The van der Waals surface area contributed by atoms with Crippen molar-refractivity contribution >= 4 is 22.9 Å². The van der Waals surface area contributed by atoms with Crippen molar-refractivity contribution in [3.63, 3.8) is 0 Å². The molecule has 3 heterocycles. The standard InChI is InChI=1S/C18H16FN5O2/c19-11-4-2-10(3-5-11)16-22-17(20)23-18-21-12-8-14-15(9-13(12)24(16)18)26-7-1-6-25-14/h2-5,8-9,16H,1,6-7H2,(H3,20,21,22,23)/t16-/m1/s1. The van der Waals surface area contributed by atoms with E-state index < -0.39 is 6.17 Å². The molecule has 3 N–H and O–H groups in total. The summed E-state index contributed by atoms with van der Waals surface area (Å²) in [6, 6.07) is 9.97. The Kier molecular flexibility index (Phi) is 3.24. The molecule has 3 aromatic rings. The van der Waals surface area contributed by atoms with Crippen LogP contribution >= 0.6 is 0 Å². The molecule has 0 saturated carbocycles. The predicted octanol–water partition coefficient (Wildman–Crippen LogP) is 2.62. The average molecular weight is 353 g/mol. The molecule has 0 spiro atoms. The number of hydrogen-bond donors (Lipinski definition) is 2. The van der Waals surface area contributed by atoms with Crippen LogP contribution < -0.4 is 20.5 Å². The fourth-order valence-corrected chi connectivity index (χ4v) is 3.28. The highest BCUT2D eigenvalue weighted by molar-refractivity contribution is 5.95. The quantitative estimate of drug-likeness (QED) is 0.702. The van der Waals surface area contributed by atoms with E-state index in [0.717, 1.165) is 23.0 Å². The van der Waals surface area contributed by atoms with Gasteiger partial charge in [-0.1, -0.05) is 12.1 Å². The lowest BCUT2D eigenvalue weighted by Gasteiger charge is -2.24. The van der Waals surface area contributed by atoms with E-state index in [2.05, 4.69) is 15.3 Å². The lowest BCUT2D eigenvalue weighted by Crippen LogP contribution is -2.31. The molecular weight excluding hydrogens is 337 g/mol. The lowest BCUT2D eigenvalue weighted by molar-refractivity contribution is 0.297. The molecule has 0 amide bonds. The van der Waals surface area contributed by atoms with Gasteiger partial charge >= 0.3 is 0 Å². The van der Waals surface area contributed by atoms with Crippen molar-refractivity contribution in [3.05, 3.63) is 47.8 Å². The van der Waals surface area contributed by atoms with E-state index >= 15 is 0 Å². The van der Waals surface area contributed by atoms with Gasteiger partial charge in [0.25, 0.3) is 0 Å². The minimum absolute atomic E-state index is 0.260. The minimum atomic E-state index is -0.443. The fourth-order valence-electron chi connectivity index (χ4n) is 3.28. The molecule has 7 nitrogen and oxygen atoms in total. The molecule has 26 heavy (non-hydrogen) atoms. The maximum atomic E-state index is 13.3. The number of fused-ring (bicyclic) bond motifs is 4. The summed E-state index contributed by atoms with van der Waals surface area (Å²) in [6.45, 7) is 1.21. The van der Waals surface area contributed by atoms with Gasteiger partial charge in [0, 0.05) is 18.6 Å². The van der Waals surface area contributed by atoms with Gasteiger partial charge in [0.1, 0.15) is 5.82 Å². The Morgan fingerprint density at radius 1 is 1.12 bits per heavy atom. The van der Waals surface area contributed by atoms with Crippen molar-refractivity contribution < 1.29 is 13.9 Å². The summed E-state index contributed by atoms with van der Waals surface area (Å²) in [4.78, 5) is 9.11. The summed E-state index contributed by atoms with van der Waals surface area (Å²) in [5, 5.41) is 2.99. The number of nitrogens with zero attached hydrogens (tertiary/aromatic N) is 3. The topological polar surface area (TPSA) is 86.7 Å². The van der Waals surface area contributed by atoms with E-state index in [-0.39, 0.29) is 11.8 Å². The molecule has 2 aromatic carbocycles. The largest absolute Gasteiger partial charge is 0.489 e. The molecule has 0 unspecified atom stereocenters. The highest BCUT2D eigenvalue weighted by atomic mass is 19.1. The van der Waals surface area contributed by atoms with E-state index in [9.17, 15) is 4.39 Å². The van der Waals surface area contributed by atoms with Crippen LogP contribution in [0.5, 0.6) is 11.5 Å². The van der Waals surface area contributed by atoms with E-state index in [0.29, 0.717) is 30.7 Å². The first-order valence-electron chi connectivity index (χ1n) is 8.36. The zero-order valence-corrected chi connectivity index (χ0v) is 13.8. The number of halogens is 1. The molecule has 132 valence electrons. The van der Waals surface area contributed by atoms with E-state index in [1.807, 2.05) is 16.7 Å². The molecule has 5 rings (SSSR count). The number of imidazole rings is 1. The first kappa shape index (κ1) is 15.0. The van der Waals surface area contributed by atoms with Crippen molar-refractivity contribution in [2.45, 2.75) is 12.6 Å². The van der Waals surface area contributed by atoms with Crippen LogP contribution in [-0.4, -0.2) is 28.7 Å². The van der Waals surface area contributed by atoms with Crippen molar-refractivity contribution in [2.24, 2.45) is 10.7 Å². The predicted molar refractivity (Wildman–Crippen MR) is 95.1 cm³/mol. The third-order valence-corrected chi connectivity index (χ3v) is 4.47. The molecule has 2 aliphatic rings. The summed E-state index contributed by atoms with van der Waals surface area (Å²) in [7, 11) is 0. The van der Waals surface area contributed by atoms with Gasteiger partial charge < -0.3 is 15.2 Å². The van der Waals surface area contributed by atoms with Crippen LogP contribution in [0.1, 0.15) is 18.2 Å². The molecular formula is C18H16FN5O2. The summed E-state index contributed by atoms with van der Waals surface area (Å²) in [6.07, 6.45) is 0.389. The Labute approximate surface area is 148 Å². The number of ether oxygens (including phenoxy) is 2. The van der Waals surface area contributed by atoms with Gasteiger partial charge in [-0.3, -0.25) is 9.88 Å². The van der Waals surface area contributed by atoms with Crippen molar-refractivity contribution in [1.29, 1.82) is 0 Å². The molecule has 1 atom stereocenters. The third-order valence-electron chi connectivity index (χ3n) is 4.47. The number of nitrogens with one attached hydrogen (secondary N) is 1. The fraction of sp³-hybridized carbons (Fsp3) is 0.222. The van der Waals surface area contributed by atoms with Crippen LogP contribution in [0.25, 0.3) is 11.0 Å². The van der Waals surface area contributed by atoms with Gasteiger partial charge in [-0.05, 0) is 17.7 Å². The third kappa shape index (κ3) is 2.33. The van der Waals surface area contributed by atoms with Gasteiger partial charge in [-0.15, -0.1) is 0 Å². The number of hydrogen-bond acceptors (Lipinski definition) is 6. The van der Waals surface area contributed by atoms with E-state index in [1.54, 1.807) is 12.1 Å². The number of nitrogens with two attached hydrogens (primary N) is 1. The molecule has 8 heteroatoms. The highest BCUT2D eigenvalue weighted by Crippen LogP contribution is 2.38. The Bertz CT molecular complexity index is 1030. The molecule has 2 aliphatic heterocycles. The molecule has 0 radical (unpaired) electrons. The van der Waals surface area contributed by atoms with Crippen molar-refractivity contribution in [1.82, 2.24) is 9.55 Å². The second-order valence-electron chi connectivity index (χ2n) is 6.21. The van der Waals surface area contributed by atoms with Crippen LogP contribution in [0.4, 0.5) is 10.3 Å². The highest BCUT2D eigenvalue weighted by Gasteiger charge is 2.26. The first-order valence-corrected chi connectivity index (χ1v) is 8.36. The second-order valence-corrected chi connectivity index (χ2v) is 6.21. The van der Waals surface area contributed by atoms with Crippen LogP contribution in [0.15, 0.2) is 41.4 Å². The van der Waals surface area contributed by atoms with Crippen LogP contribution in [0.3, 0.4) is 0 Å². The Morgan fingerprint density at radius 2 is 1.85 bits per heavy atom. The maximum absolute atomic E-state index is 13.3. The summed E-state index contributed by atoms with van der Waals surface area (Å²) >= 11 is 0. The molecule has 0 fully saturated rings. The number of guanidine groups is 1. The Hall–Kier alpha value is -3.29. The van der Waals surface area contributed by atoms with Gasteiger partial charge in [-0.2, -0.15) is 0 Å². The van der Waals surface area contributed by atoms with E-state index in [4.69, 9.17) is 15.2 Å². The average Bonchev–Trinajstić information content (AvgIpc) is 2.81. The van der Waals surface area contributed by atoms with Gasteiger partial charge in [0.05, 0.1) is 24.2 Å². The zero-order chi connectivity index (χ0) is 17.7. The molecule has 0 saturated heterocycles. The van der Waals surface area contributed by atoms with Gasteiger partial charge in [0.2, 0.25) is 5.95 Å². The van der Waals surface area contributed by atoms with E-state index in [1.165, 1.54) is 12.1 Å². The molecule has 0 bridgehead atoms. The summed E-state index contributed by atoms with van der Waals surface area (Å²) in [5.41, 5.74) is 8.32. The van der Waals surface area contributed by atoms with Crippen molar-refractivity contribution in [2.75, 3.05) is 18.5 Å². The normalized spacial score (nSPS) is 18.7. The summed E-state index contributed by atoms with van der Waals surface area (Å²) < 4.78 is 26.8. The maximum Gasteiger partial charge on any atom is 0.212 e. The minimum Gasteiger partial charge on any atom is -0.489 e. The number of rotatable bonds is 1. The number of benzene rings is 2. The van der Waals surface area contributed by atoms with Gasteiger partial charge in [-0.25, -0.2) is 14.4 Å². The second kappa shape index (κ2) is 5.62. The zero-order valence-electron chi connectivity index (χ0n) is 13.8. The monoisotopic (exact) mass is 353 g/mol. The SMILES string of the molecule is NC1=N[C@@H](c2ccc(F)cc2)n2c(nc3cc4c(cc32)OCCCO4)N1. The first-order chi connectivity index (χ1) is 12.7. The molecule has 1 aromatic heterocycles. The lowest BCUT2D eigenvalue weighted by atomic mass is 10.1. The van der Waals surface area contributed by atoms with Crippen LogP contribution in [0.2, 0.25) is 0 Å². The van der Waals surface area contributed by atoms with Gasteiger partial charge in [0.15, 0.2) is 23.6 Å². The molecule has 0 aliphatic carbocycles. The van der Waals surface area contributed by atoms with Crippen LogP contribution in [0, 0.1) is 5.82 Å².